The Morgan fingerprint density at radius 2 is 1.81 bits per heavy atom. The Hall–Kier alpha value is -3.02. The maximum absolute atomic E-state index is 12.0. The van der Waals surface area contributed by atoms with Crippen LogP contribution in [0.15, 0.2) is 36.4 Å². The van der Waals surface area contributed by atoms with E-state index in [0.717, 1.165) is 22.3 Å². The highest BCUT2D eigenvalue weighted by Crippen LogP contribution is 2.34. The van der Waals surface area contributed by atoms with E-state index in [1.165, 1.54) is 7.11 Å². The van der Waals surface area contributed by atoms with Crippen molar-refractivity contribution in [3.05, 3.63) is 53.1 Å². The molecule has 0 saturated heterocycles. The van der Waals surface area contributed by atoms with E-state index >= 15 is 0 Å². The number of carbonyl (C=O) groups is 2. The molecular weight excluding hydrogens is 346 g/mol. The van der Waals surface area contributed by atoms with Crippen LogP contribution in [0.25, 0.3) is 11.1 Å². The van der Waals surface area contributed by atoms with Gasteiger partial charge in [0.2, 0.25) is 0 Å². The smallest absolute Gasteiger partial charge is 0.409 e. The zero-order chi connectivity index (χ0) is 20.0. The Morgan fingerprint density at radius 3 is 2.41 bits per heavy atom. The average molecular weight is 371 g/mol. The first-order chi connectivity index (χ1) is 12.9. The monoisotopic (exact) mass is 371 g/mol. The molecule has 0 fully saturated rings. The van der Waals surface area contributed by atoms with Gasteiger partial charge in [-0.1, -0.05) is 29.8 Å². The van der Waals surface area contributed by atoms with Crippen molar-refractivity contribution in [3.63, 3.8) is 0 Å². The van der Waals surface area contributed by atoms with Crippen LogP contribution in [-0.2, 0) is 22.5 Å². The van der Waals surface area contributed by atoms with Gasteiger partial charge in [0.1, 0.15) is 5.75 Å². The van der Waals surface area contributed by atoms with Gasteiger partial charge in [-0.05, 0) is 42.7 Å². The van der Waals surface area contributed by atoms with Crippen molar-refractivity contribution in [2.24, 2.45) is 0 Å². The minimum Gasteiger partial charge on any atom is -0.496 e. The molecule has 0 spiro atoms. The molecule has 0 bridgehead atoms. The van der Waals surface area contributed by atoms with Crippen LogP contribution in [0.2, 0.25) is 0 Å². The Bertz CT molecular complexity index is 831. The highest BCUT2D eigenvalue weighted by atomic mass is 16.5. The van der Waals surface area contributed by atoms with Crippen molar-refractivity contribution >= 4 is 12.1 Å². The normalized spacial score (nSPS) is 10.4. The molecule has 1 N–H and O–H groups in total. The number of benzene rings is 2. The first-order valence-electron chi connectivity index (χ1n) is 8.71. The van der Waals surface area contributed by atoms with Gasteiger partial charge in [0, 0.05) is 18.7 Å². The Morgan fingerprint density at radius 1 is 1.07 bits per heavy atom. The number of aliphatic carboxylic acids is 1. The van der Waals surface area contributed by atoms with Crippen LogP contribution >= 0.6 is 0 Å². The molecule has 6 heteroatoms. The first-order valence-corrected chi connectivity index (χ1v) is 8.71. The van der Waals surface area contributed by atoms with Crippen molar-refractivity contribution in [3.8, 4) is 16.9 Å². The van der Waals surface area contributed by atoms with Gasteiger partial charge in [0.05, 0.1) is 20.6 Å². The van der Waals surface area contributed by atoms with E-state index in [9.17, 15) is 9.59 Å². The number of aryl methyl sites for hydroxylation is 1. The molecule has 1 amide bonds. The van der Waals surface area contributed by atoms with Crippen molar-refractivity contribution in [2.75, 3.05) is 20.8 Å². The molecule has 6 nitrogen and oxygen atoms in total. The standard InChI is InChI=1S/C21H25NO5/c1-5-22(21(25)27-4)13-16-10-14(2)6-8-17(16)18-11-15(12-20(23)24)7-9-19(18)26-3/h6-11H,5,12-13H2,1-4H3,(H,23,24). The summed E-state index contributed by atoms with van der Waals surface area (Å²) in [5.74, 6) is -0.242. The Kier molecular flexibility index (Phi) is 6.82. The molecular formula is C21H25NO5. The lowest BCUT2D eigenvalue weighted by Crippen LogP contribution is -2.30. The lowest BCUT2D eigenvalue weighted by molar-refractivity contribution is -0.136. The largest absolute Gasteiger partial charge is 0.496 e. The van der Waals surface area contributed by atoms with Crippen LogP contribution in [0.1, 0.15) is 23.6 Å². The van der Waals surface area contributed by atoms with Gasteiger partial charge in [-0.3, -0.25) is 4.79 Å². The van der Waals surface area contributed by atoms with Gasteiger partial charge in [-0.25, -0.2) is 4.79 Å². The molecule has 2 aromatic rings. The number of carbonyl (C=O) groups excluding carboxylic acids is 1. The molecule has 0 radical (unpaired) electrons. The van der Waals surface area contributed by atoms with Crippen LogP contribution < -0.4 is 4.74 Å². The summed E-state index contributed by atoms with van der Waals surface area (Å²) in [5.41, 5.74) is 4.38. The third kappa shape index (κ3) is 5.00. The minimum atomic E-state index is -0.891. The molecule has 0 aromatic heterocycles. The van der Waals surface area contributed by atoms with Crippen molar-refractivity contribution in [2.45, 2.75) is 26.8 Å². The van der Waals surface area contributed by atoms with Gasteiger partial charge >= 0.3 is 12.1 Å². The van der Waals surface area contributed by atoms with Gasteiger partial charge < -0.3 is 19.5 Å². The molecule has 2 aromatic carbocycles. The molecule has 27 heavy (non-hydrogen) atoms. The number of carboxylic acid groups (broad SMARTS) is 1. The van der Waals surface area contributed by atoms with E-state index < -0.39 is 12.1 Å². The fraction of sp³-hybridized carbons (Fsp3) is 0.333. The van der Waals surface area contributed by atoms with Gasteiger partial charge in [0.15, 0.2) is 0 Å². The molecule has 0 atom stereocenters. The van der Waals surface area contributed by atoms with E-state index in [-0.39, 0.29) is 6.42 Å². The van der Waals surface area contributed by atoms with Gasteiger partial charge in [0.25, 0.3) is 0 Å². The van der Waals surface area contributed by atoms with Crippen LogP contribution in [-0.4, -0.2) is 42.8 Å². The van der Waals surface area contributed by atoms with E-state index in [4.69, 9.17) is 14.6 Å². The third-order valence-electron chi connectivity index (χ3n) is 4.35. The van der Waals surface area contributed by atoms with Crippen molar-refractivity contribution in [1.82, 2.24) is 4.90 Å². The summed E-state index contributed by atoms with van der Waals surface area (Å²) >= 11 is 0. The first kappa shape index (κ1) is 20.3. The summed E-state index contributed by atoms with van der Waals surface area (Å²) < 4.78 is 10.3. The number of ether oxygens (including phenoxy) is 2. The Balaban J connectivity index is 2.55. The molecule has 0 heterocycles. The fourth-order valence-corrected chi connectivity index (χ4v) is 3.01. The van der Waals surface area contributed by atoms with Crippen molar-refractivity contribution in [1.29, 1.82) is 0 Å². The van der Waals surface area contributed by atoms with Gasteiger partial charge in [-0.15, -0.1) is 0 Å². The quantitative estimate of drug-likeness (QED) is 0.799. The van der Waals surface area contributed by atoms with E-state index in [2.05, 4.69) is 0 Å². The second-order valence-electron chi connectivity index (χ2n) is 6.25. The van der Waals surface area contributed by atoms with E-state index in [1.54, 1.807) is 24.1 Å². The second-order valence-corrected chi connectivity index (χ2v) is 6.25. The summed E-state index contributed by atoms with van der Waals surface area (Å²) in [7, 11) is 2.94. The molecule has 144 valence electrons. The summed E-state index contributed by atoms with van der Waals surface area (Å²) in [6.45, 7) is 4.77. The highest BCUT2D eigenvalue weighted by molar-refractivity contribution is 5.77. The summed E-state index contributed by atoms with van der Waals surface area (Å²) in [5, 5.41) is 9.10. The lowest BCUT2D eigenvalue weighted by Gasteiger charge is -2.22. The molecule has 2 rings (SSSR count). The fourth-order valence-electron chi connectivity index (χ4n) is 3.01. The summed E-state index contributed by atoms with van der Waals surface area (Å²) in [6.07, 6.45) is -0.460. The molecule has 0 unspecified atom stereocenters. The van der Waals surface area contributed by atoms with Crippen LogP contribution in [0.5, 0.6) is 5.75 Å². The number of hydrogen-bond acceptors (Lipinski definition) is 4. The topological polar surface area (TPSA) is 76.1 Å². The molecule has 0 aliphatic carbocycles. The number of carboxylic acids is 1. The lowest BCUT2D eigenvalue weighted by atomic mass is 9.94. The van der Waals surface area contributed by atoms with Gasteiger partial charge in [-0.2, -0.15) is 0 Å². The number of hydrogen-bond donors (Lipinski definition) is 1. The Labute approximate surface area is 159 Å². The molecule has 0 aliphatic heterocycles. The average Bonchev–Trinajstić information content (AvgIpc) is 2.65. The zero-order valence-electron chi connectivity index (χ0n) is 16.1. The third-order valence-corrected chi connectivity index (χ3v) is 4.35. The van der Waals surface area contributed by atoms with Crippen LogP contribution in [0, 0.1) is 6.92 Å². The second kappa shape index (κ2) is 9.07. The van der Waals surface area contributed by atoms with Crippen molar-refractivity contribution < 1.29 is 24.2 Å². The number of rotatable bonds is 7. The SMILES string of the molecule is CCN(Cc1cc(C)ccc1-c1cc(CC(=O)O)ccc1OC)C(=O)OC. The maximum Gasteiger partial charge on any atom is 0.409 e. The van der Waals surface area contributed by atoms with E-state index in [0.29, 0.717) is 24.4 Å². The molecule has 0 saturated carbocycles. The van der Waals surface area contributed by atoms with Crippen LogP contribution in [0.4, 0.5) is 4.79 Å². The number of nitrogens with zero attached hydrogens (tertiary/aromatic N) is 1. The highest BCUT2D eigenvalue weighted by Gasteiger charge is 2.17. The number of methoxy groups -OCH3 is 2. The maximum atomic E-state index is 12.0. The van der Waals surface area contributed by atoms with Crippen LogP contribution in [0.3, 0.4) is 0 Å². The predicted octanol–water partition coefficient (Wildman–Crippen LogP) is 3.89. The zero-order valence-corrected chi connectivity index (χ0v) is 16.1. The summed E-state index contributed by atoms with van der Waals surface area (Å²) in [4.78, 5) is 24.7. The number of amides is 1. The molecule has 0 aliphatic rings. The predicted molar refractivity (Wildman–Crippen MR) is 103 cm³/mol. The summed E-state index contributed by atoms with van der Waals surface area (Å²) in [6, 6.07) is 11.3. The minimum absolute atomic E-state index is 0.0680. The van der Waals surface area contributed by atoms with E-state index in [1.807, 2.05) is 38.1 Å².